The van der Waals surface area contributed by atoms with Gasteiger partial charge in [0.05, 0.1) is 7.11 Å². The van der Waals surface area contributed by atoms with Gasteiger partial charge in [0.1, 0.15) is 0 Å². The Morgan fingerprint density at radius 1 is 1.38 bits per heavy atom. The van der Waals surface area contributed by atoms with Crippen molar-refractivity contribution in [3.05, 3.63) is 29.6 Å². The van der Waals surface area contributed by atoms with Crippen LogP contribution in [0.15, 0.2) is 18.3 Å². The molecule has 4 heteroatoms. The van der Waals surface area contributed by atoms with E-state index < -0.39 is 0 Å². The number of aromatic nitrogens is 1. The molecule has 1 fully saturated rings. The molecule has 1 aromatic rings. The Kier molecular flexibility index (Phi) is 5.59. The highest BCUT2D eigenvalue weighted by atomic mass is 16.5. The quantitative estimate of drug-likeness (QED) is 0.843. The molecular formula is C17H26N2O2. The monoisotopic (exact) mass is 290 g/mol. The fourth-order valence-electron chi connectivity index (χ4n) is 3.17. The van der Waals surface area contributed by atoms with E-state index in [4.69, 9.17) is 4.74 Å². The van der Waals surface area contributed by atoms with Crippen LogP contribution in [0.2, 0.25) is 0 Å². The van der Waals surface area contributed by atoms with Crippen molar-refractivity contribution in [3.8, 4) is 0 Å². The second-order valence-electron chi connectivity index (χ2n) is 5.76. The van der Waals surface area contributed by atoms with E-state index in [1.54, 1.807) is 4.90 Å². The molecule has 0 unspecified atom stereocenters. The Bertz CT molecular complexity index is 464. The number of nitrogens with zero attached hydrogens (tertiary/aromatic N) is 2. The maximum atomic E-state index is 11.5. The molecule has 1 amide bonds. The van der Waals surface area contributed by atoms with E-state index in [0.29, 0.717) is 11.8 Å². The number of hydrogen-bond donors (Lipinski definition) is 0. The summed E-state index contributed by atoms with van der Waals surface area (Å²) < 4.78 is 4.79. The van der Waals surface area contributed by atoms with Gasteiger partial charge in [0, 0.05) is 30.9 Å². The molecule has 1 aromatic heterocycles. The van der Waals surface area contributed by atoms with Crippen LogP contribution in [0.4, 0.5) is 4.79 Å². The lowest BCUT2D eigenvalue weighted by Gasteiger charge is -2.31. The minimum absolute atomic E-state index is 0.208. The van der Waals surface area contributed by atoms with Gasteiger partial charge >= 0.3 is 6.09 Å². The van der Waals surface area contributed by atoms with Crippen molar-refractivity contribution in [3.63, 3.8) is 0 Å². The van der Waals surface area contributed by atoms with Gasteiger partial charge in [-0.05, 0) is 49.3 Å². The standard InChI is InChI=1S/C17H26N2O2/c1-4-13(5-2)16-12-15(6-9-18-16)14-7-10-19(11-8-14)17(20)21-3/h6,9,12-14H,4-5,7-8,10-11H2,1-3H3. The molecule has 2 heterocycles. The molecular weight excluding hydrogens is 264 g/mol. The molecule has 116 valence electrons. The molecule has 0 saturated carbocycles. The molecule has 21 heavy (non-hydrogen) atoms. The number of amides is 1. The molecule has 0 bridgehead atoms. The summed E-state index contributed by atoms with van der Waals surface area (Å²) >= 11 is 0. The summed E-state index contributed by atoms with van der Waals surface area (Å²) in [6.07, 6.45) is 6.00. The Morgan fingerprint density at radius 3 is 2.62 bits per heavy atom. The van der Waals surface area contributed by atoms with Gasteiger partial charge in [-0.25, -0.2) is 4.79 Å². The van der Waals surface area contributed by atoms with Crippen LogP contribution in [-0.2, 0) is 4.74 Å². The van der Waals surface area contributed by atoms with E-state index in [2.05, 4.69) is 31.0 Å². The Morgan fingerprint density at radius 2 is 2.05 bits per heavy atom. The van der Waals surface area contributed by atoms with Gasteiger partial charge in [-0.1, -0.05) is 13.8 Å². The second kappa shape index (κ2) is 7.43. The number of ether oxygens (including phenoxy) is 1. The Hall–Kier alpha value is -1.58. The van der Waals surface area contributed by atoms with Crippen LogP contribution >= 0.6 is 0 Å². The normalized spacial score (nSPS) is 16.3. The van der Waals surface area contributed by atoms with Crippen molar-refractivity contribution < 1.29 is 9.53 Å². The third-order valence-electron chi connectivity index (χ3n) is 4.61. The van der Waals surface area contributed by atoms with Gasteiger partial charge in [-0.3, -0.25) is 4.98 Å². The summed E-state index contributed by atoms with van der Waals surface area (Å²) in [5, 5.41) is 0. The number of likely N-dealkylation sites (tertiary alicyclic amines) is 1. The van der Waals surface area contributed by atoms with E-state index in [1.807, 2.05) is 6.20 Å². The predicted molar refractivity (Wildman–Crippen MR) is 83.5 cm³/mol. The van der Waals surface area contributed by atoms with Crippen molar-refractivity contribution in [1.82, 2.24) is 9.88 Å². The summed E-state index contributed by atoms with van der Waals surface area (Å²) in [7, 11) is 1.44. The van der Waals surface area contributed by atoms with Gasteiger partial charge in [0.15, 0.2) is 0 Å². The van der Waals surface area contributed by atoms with E-state index >= 15 is 0 Å². The van der Waals surface area contributed by atoms with Gasteiger partial charge in [-0.2, -0.15) is 0 Å². The molecule has 2 rings (SSSR count). The fourth-order valence-corrected chi connectivity index (χ4v) is 3.17. The molecule has 1 aliphatic heterocycles. The van der Waals surface area contributed by atoms with Crippen molar-refractivity contribution in [2.24, 2.45) is 0 Å². The van der Waals surface area contributed by atoms with Crippen LogP contribution in [-0.4, -0.2) is 36.2 Å². The fraction of sp³-hybridized carbons (Fsp3) is 0.647. The molecule has 0 aliphatic carbocycles. The lowest BCUT2D eigenvalue weighted by molar-refractivity contribution is 0.112. The molecule has 1 saturated heterocycles. The Labute approximate surface area is 127 Å². The maximum Gasteiger partial charge on any atom is 0.409 e. The first-order chi connectivity index (χ1) is 10.2. The zero-order valence-electron chi connectivity index (χ0n) is 13.3. The highest BCUT2D eigenvalue weighted by Crippen LogP contribution is 2.30. The summed E-state index contributed by atoms with van der Waals surface area (Å²) in [6.45, 7) is 5.99. The Balaban J connectivity index is 2.03. The third-order valence-corrected chi connectivity index (χ3v) is 4.61. The van der Waals surface area contributed by atoms with Crippen LogP contribution < -0.4 is 0 Å². The van der Waals surface area contributed by atoms with Crippen LogP contribution in [0.3, 0.4) is 0 Å². The number of pyridine rings is 1. The largest absolute Gasteiger partial charge is 0.453 e. The van der Waals surface area contributed by atoms with Crippen LogP contribution in [0.25, 0.3) is 0 Å². The van der Waals surface area contributed by atoms with Crippen molar-refractivity contribution in [2.45, 2.75) is 51.4 Å². The number of piperidine rings is 1. The predicted octanol–water partition coefficient (Wildman–Crippen LogP) is 3.93. The zero-order valence-corrected chi connectivity index (χ0v) is 13.3. The molecule has 1 aliphatic rings. The van der Waals surface area contributed by atoms with Crippen molar-refractivity contribution in [1.29, 1.82) is 0 Å². The third kappa shape index (κ3) is 3.74. The van der Waals surface area contributed by atoms with Crippen LogP contribution in [0.5, 0.6) is 0 Å². The molecule has 0 aromatic carbocycles. The summed E-state index contributed by atoms with van der Waals surface area (Å²) in [5.41, 5.74) is 2.59. The minimum Gasteiger partial charge on any atom is -0.453 e. The first-order valence-corrected chi connectivity index (χ1v) is 7.98. The number of methoxy groups -OCH3 is 1. The van der Waals surface area contributed by atoms with E-state index in [1.165, 1.54) is 18.4 Å². The van der Waals surface area contributed by atoms with Crippen LogP contribution in [0, 0.1) is 0 Å². The lowest BCUT2D eigenvalue weighted by atomic mass is 9.88. The number of hydrogen-bond acceptors (Lipinski definition) is 3. The van der Waals surface area contributed by atoms with E-state index in [-0.39, 0.29) is 6.09 Å². The van der Waals surface area contributed by atoms with E-state index in [9.17, 15) is 4.79 Å². The molecule has 4 nitrogen and oxygen atoms in total. The summed E-state index contributed by atoms with van der Waals surface area (Å²) in [5.74, 6) is 1.09. The molecule has 0 spiro atoms. The molecule has 0 atom stereocenters. The van der Waals surface area contributed by atoms with Gasteiger partial charge in [-0.15, -0.1) is 0 Å². The molecule has 0 N–H and O–H groups in total. The van der Waals surface area contributed by atoms with Gasteiger partial charge < -0.3 is 9.64 Å². The number of carbonyl (C=O) groups excluding carboxylic acids is 1. The highest BCUT2D eigenvalue weighted by molar-refractivity contribution is 5.67. The van der Waals surface area contributed by atoms with Crippen molar-refractivity contribution in [2.75, 3.05) is 20.2 Å². The first kappa shape index (κ1) is 15.8. The number of rotatable bonds is 4. The lowest BCUT2D eigenvalue weighted by Crippen LogP contribution is -2.37. The zero-order chi connectivity index (χ0) is 15.2. The molecule has 0 radical (unpaired) electrons. The van der Waals surface area contributed by atoms with Crippen molar-refractivity contribution >= 4 is 6.09 Å². The summed E-state index contributed by atoms with van der Waals surface area (Å²) in [6, 6.07) is 4.40. The average molecular weight is 290 g/mol. The SMILES string of the molecule is CCC(CC)c1cc(C2CCN(C(=O)OC)CC2)ccn1. The maximum absolute atomic E-state index is 11.5. The second-order valence-corrected chi connectivity index (χ2v) is 5.76. The first-order valence-electron chi connectivity index (χ1n) is 7.98. The van der Waals surface area contributed by atoms with Gasteiger partial charge in [0.2, 0.25) is 0 Å². The number of carbonyl (C=O) groups is 1. The average Bonchev–Trinajstić information content (AvgIpc) is 2.56. The summed E-state index contributed by atoms with van der Waals surface area (Å²) in [4.78, 5) is 17.9. The van der Waals surface area contributed by atoms with Crippen LogP contribution in [0.1, 0.15) is 62.6 Å². The highest BCUT2D eigenvalue weighted by Gasteiger charge is 2.24. The minimum atomic E-state index is -0.208. The van der Waals surface area contributed by atoms with E-state index in [0.717, 1.165) is 38.8 Å². The smallest absolute Gasteiger partial charge is 0.409 e. The topological polar surface area (TPSA) is 42.4 Å². The van der Waals surface area contributed by atoms with Gasteiger partial charge in [0.25, 0.3) is 0 Å².